The van der Waals surface area contributed by atoms with Crippen molar-refractivity contribution in [3.63, 3.8) is 0 Å². The molecule has 0 amide bonds. The zero-order chi connectivity index (χ0) is 20.5. The summed E-state index contributed by atoms with van der Waals surface area (Å²) in [5.41, 5.74) is 2.54. The molecule has 0 spiro atoms. The third-order valence-corrected chi connectivity index (χ3v) is 5.31. The van der Waals surface area contributed by atoms with Gasteiger partial charge in [0, 0.05) is 16.5 Å². The Balaban J connectivity index is 0.000000152. The van der Waals surface area contributed by atoms with Gasteiger partial charge in [0.15, 0.2) is 0 Å². The third kappa shape index (κ3) is 5.90. The molecule has 3 nitrogen and oxygen atoms in total. The molecule has 2 aliphatic rings. The summed E-state index contributed by atoms with van der Waals surface area (Å²) in [4.78, 5) is 9.14. The predicted octanol–water partition coefficient (Wildman–Crippen LogP) is 6.03. The number of fused-ring (bicyclic) bond motifs is 2. The van der Waals surface area contributed by atoms with Crippen molar-refractivity contribution in [3.8, 4) is 11.5 Å². The lowest BCUT2D eigenvalue weighted by Crippen LogP contribution is -2.23. The highest BCUT2D eigenvalue weighted by atomic mass is 31.0. The van der Waals surface area contributed by atoms with Gasteiger partial charge in [0.05, 0.1) is 13.2 Å². The molecular weight excluding hydrogens is 379 g/mol. The van der Waals surface area contributed by atoms with E-state index >= 15 is 0 Å². The summed E-state index contributed by atoms with van der Waals surface area (Å²) in [7, 11) is 2.63. The summed E-state index contributed by atoms with van der Waals surface area (Å²) in [6.45, 7) is 6.04. The summed E-state index contributed by atoms with van der Waals surface area (Å²) in [5, 5.41) is 1.24. The fraction of sp³-hybridized carbons (Fsp3) is 0.280. The maximum atomic E-state index is 5.91. The molecule has 4 heteroatoms. The first-order valence-electron chi connectivity index (χ1n) is 10.0. The molecule has 0 N–H and O–H groups in total. The van der Waals surface area contributed by atoms with E-state index in [1.165, 1.54) is 16.4 Å². The minimum absolute atomic E-state index is 0.0193. The van der Waals surface area contributed by atoms with Crippen LogP contribution in [0.1, 0.15) is 37.8 Å². The topological polar surface area (TPSA) is 27.7 Å². The van der Waals surface area contributed by atoms with E-state index in [9.17, 15) is 0 Å². The van der Waals surface area contributed by atoms with Crippen molar-refractivity contribution in [1.82, 2.24) is 0 Å². The fourth-order valence-electron chi connectivity index (χ4n) is 3.30. The molecule has 3 aromatic rings. The summed E-state index contributed by atoms with van der Waals surface area (Å²) in [6, 6.07) is 26.7. The molecule has 5 rings (SSSR count). The Hall–Kier alpha value is -2.19. The van der Waals surface area contributed by atoms with Crippen molar-refractivity contribution in [2.45, 2.75) is 32.1 Å². The van der Waals surface area contributed by atoms with Crippen molar-refractivity contribution in [2.24, 2.45) is 0 Å². The van der Waals surface area contributed by atoms with Crippen LogP contribution in [-0.2, 0) is 15.2 Å². The molecule has 1 saturated heterocycles. The van der Waals surface area contributed by atoms with Crippen LogP contribution in [0.3, 0.4) is 0 Å². The fourth-order valence-corrected chi connectivity index (χ4v) is 3.52. The van der Waals surface area contributed by atoms with Gasteiger partial charge in [-0.3, -0.25) is 0 Å². The van der Waals surface area contributed by atoms with Crippen LogP contribution in [0.4, 0.5) is 0 Å². The van der Waals surface area contributed by atoms with Gasteiger partial charge in [-0.2, -0.15) is 0 Å². The SMILES string of the molecule is C1CCOOC1.CC1(C)c2ccccc2Oc2ccccc21.Pc1ccccc1. The summed E-state index contributed by atoms with van der Waals surface area (Å²) in [6.07, 6.45) is 2.31. The number of rotatable bonds is 0. The van der Waals surface area contributed by atoms with Gasteiger partial charge in [0.2, 0.25) is 0 Å². The van der Waals surface area contributed by atoms with Gasteiger partial charge in [0.1, 0.15) is 11.5 Å². The lowest BCUT2D eigenvalue weighted by atomic mass is 9.76. The Morgan fingerprint density at radius 3 is 1.48 bits per heavy atom. The van der Waals surface area contributed by atoms with E-state index in [2.05, 4.69) is 57.1 Å². The third-order valence-electron chi connectivity index (χ3n) is 4.93. The lowest BCUT2D eigenvalue weighted by Gasteiger charge is -2.34. The van der Waals surface area contributed by atoms with Crippen molar-refractivity contribution < 1.29 is 14.5 Å². The zero-order valence-corrected chi connectivity index (χ0v) is 18.3. The van der Waals surface area contributed by atoms with Gasteiger partial charge < -0.3 is 4.74 Å². The maximum Gasteiger partial charge on any atom is 0.131 e. The van der Waals surface area contributed by atoms with Crippen LogP contribution in [0.2, 0.25) is 0 Å². The standard InChI is InChI=1S/C15H14O.C6H7P.C4H8O2/c1-15(2)11-7-3-5-9-13(11)16-14-10-6-4-8-12(14)15;7-6-4-2-1-3-5-6;1-2-4-6-5-3-1/h3-10H,1-2H3;1-5H,7H2;1-4H2. The van der Waals surface area contributed by atoms with Gasteiger partial charge in [-0.25, -0.2) is 9.78 Å². The summed E-state index contributed by atoms with van der Waals surface area (Å²) in [5.74, 6) is 1.96. The number of hydrogen-bond donors (Lipinski definition) is 0. The molecule has 0 radical (unpaired) electrons. The average molecular weight is 408 g/mol. The first-order chi connectivity index (χ1) is 14.1. The van der Waals surface area contributed by atoms with E-state index in [1.54, 1.807) is 0 Å². The molecule has 152 valence electrons. The second-order valence-corrected chi connectivity index (χ2v) is 8.15. The predicted molar refractivity (Wildman–Crippen MR) is 122 cm³/mol. The lowest BCUT2D eigenvalue weighted by molar-refractivity contribution is -0.312. The van der Waals surface area contributed by atoms with Crippen LogP contribution in [-0.4, -0.2) is 13.2 Å². The monoisotopic (exact) mass is 408 g/mol. The Morgan fingerprint density at radius 2 is 1.10 bits per heavy atom. The first kappa shape index (κ1) is 21.5. The number of para-hydroxylation sites is 2. The van der Waals surface area contributed by atoms with E-state index in [4.69, 9.17) is 4.74 Å². The van der Waals surface area contributed by atoms with Crippen LogP contribution in [0.15, 0.2) is 78.9 Å². The maximum absolute atomic E-state index is 5.91. The van der Waals surface area contributed by atoms with Gasteiger partial charge in [-0.1, -0.05) is 80.6 Å². The van der Waals surface area contributed by atoms with Crippen LogP contribution < -0.4 is 10.0 Å². The normalized spacial score (nSPS) is 15.8. The first-order valence-corrected chi connectivity index (χ1v) is 10.6. The number of ether oxygens (including phenoxy) is 1. The quantitative estimate of drug-likeness (QED) is 0.336. The Bertz CT molecular complexity index is 830. The smallest absolute Gasteiger partial charge is 0.131 e. The van der Waals surface area contributed by atoms with Crippen molar-refractivity contribution in [1.29, 1.82) is 0 Å². The highest BCUT2D eigenvalue weighted by Crippen LogP contribution is 2.47. The number of hydrogen-bond acceptors (Lipinski definition) is 3. The molecule has 2 aliphatic heterocycles. The minimum atomic E-state index is 0.0193. The molecule has 1 atom stereocenters. The molecule has 29 heavy (non-hydrogen) atoms. The summed E-state index contributed by atoms with van der Waals surface area (Å²) < 4.78 is 5.91. The molecule has 1 unspecified atom stereocenters. The van der Waals surface area contributed by atoms with Crippen molar-refractivity contribution in [2.75, 3.05) is 13.2 Å². The average Bonchev–Trinajstić information content (AvgIpc) is 2.77. The van der Waals surface area contributed by atoms with E-state index in [-0.39, 0.29) is 5.41 Å². The molecule has 0 aliphatic carbocycles. The highest BCUT2D eigenvalue weighted by Gasteiger charge is 2.33. The number of benzene rings is 3. The van der Waals surface area contributed by atoms with E-state index in [0.29, 0.717) is 0 Å². The molecule has 1 fully saturated rings. The zero-order valence-electron chi connectivity index (χ0n) is 17.1. The van der Waals surface area contributed by atoms with Crippen LogP contribution in [0.5, 0.6) is 11.5 Å². The van der Waals surface area contributed by atoms with Crippen LogP contribution in [0.25, 0.3) is 0 Å². The second-order valence-electron chi connectivity index (χ2n) is 7.48. The Kier molecular flexibility index (Phi) is 7.83. The largest absolute Gasteiger partial charge is 0.457 e. The Labute approximate surface area is 176 Å². The Morgan fingerprint density at radius 1 is 0.655 bits per heavy atom. The van der Waals surface area contributed by atoms with Crippen molar-refractivity contribution >= 4 is 14.5 Å². The van der Waals surface area contributed by atoms with Gasteiger partial charge in [0.25, 0.3) is 0 Å². The van der Waals surface area contributed by atoms with E-state index < -0.39 is 0 Å². The molecule has 3 aromatic carbocycles. The molecule has 0 aromatic heterocycles. The van der Waals surface area contributed by atoms with Gasteiger partial charge >= 0.3 is 0 Å². The second kappa shape index (κ2) is 10.5. The van der Waals surface area contributed by atoms with Crippen LogP contribution >= 0.6 is 9.24 Å². The highest BCUT2D eigenvalue weighted by molar-refractivity contribution is 7.27. The van der Waals surface area contributed by atoms with Crippen molar-refractivity contribution in [3.05, 3.63) is 90.0 Å². The van der Waals surface area contributed by atoms with E-state index in [1.807, 2.05) is 54.6 Å². The minimum Gasteiger partial charge on any atom is -0.457 e. The van der Waals surface area contributed by atoms with Gasteiger partial charge in [-0.15, -0.1) is 9.24 Å². The van der Waals surface area contributed by atoms with E-state index in [0.717, 1.165) is 37.6 Å². The molecular formula is C25H29O3P. The van der Waals surface area contributed by atoms with Crippen LogP contribution in [0, 0.1) is 0 Å². The molecule has 0 saturated carbocycles. The van der Waals surface area contributed by atoms with Gasteiger partial charge in [-0.05, 0) is 30.3 Å². The summed E-state index contributed by atoms with van der Waals surface area (Å²) >= 11 is 0. The molecule has 2 heterocycles. The molecule has 0 bridgehead atoms.